The highest BCUT2D eigenvalue weighted by atomic mass is 79.9. The summed E-state index contributed by atoms with van der Waals surface area (Å²) in [7, 11) is 0. The Labute approximate surface area is 102 Å². The molecule has 2 rings (SSSR count). The number of rotatable bonds is 2. The molecular weight excluding hydrogens is 301 g/mol. The van der Waals surface area contributed by atoms with Crippen LogP contribution < -0.4 is 5.73 Å². The molecule has 0 unspecified atom stereocenters. The van der Waals surface area contributed by atoms with Crippen LogP contribution in [-0.2, 0) is 0 Å². The number of benzene rings is 1. The van der Waals surface area contributed by atoms with Gasteiger partial charge in [0.1, 0.15) is 12.1 Å². The van der Waals surface area contributed by atoms with E-state index in [1.807, 2.05) is 0 Å². The van der Waals surface area contributed by atoms with Crippen LogP contribution in [0.2, 0.25) is 0 Å². The first-order chi connectivity index (χ1) is 7.16. The maximum atomic E-state index is 13.2. The molecule has 0 bridgehead atoms. The lowest BCUT2D eigenvalue weighted by molar-refractivity contribution is 0.618. The Hall–Kier alpha value is -0.660. The highest BCUT2D eigenvalue weighted by Gasteiger charge is 2.09. The van der Waals surface area contributed by atoms with Gasteiger partial charge in [-0.25, -0.2) is 9.37 Å². The third-order valence-electron chi connectivity index (χ3n) is 1.59. The Kier molecular flexibility index (Phi) is 3.22. The van der Waals surface area contributed by atoms with Crippen molar-refractivity contribution in [3.63, 3.8) is 0 Å². The molecule has 0 saturated carbocycles. The van der Waals surface area contributed by atoms with Crippen LogP contribution in [0.5, 0.6) is 0 Å². The van der Waals surface area contributed by atoms with Crippen molar-refractivity contribution in [2.45, 2.75) is 9.24 Å². The van der Waals surface area contributed by atoms with Crippen LogP contribution in [0.15, 0.2) is 32.2 Å². The lowest BCUT2D eigenvalue weighted by Gasteiger charge is -2.04. The van der Waals surface area contributed by atoms with E-state index in [1.165, 1.54) is 35.7 Å². The van der Waals surface area contributed by atoms with Crippen molar-refractivity contribution >= 4 is 44.9 Å². The maximum absolute atomic E-state index is 13.2. The molecule has 2 N–H and O–H groups in total. The fourth-order valence-corrected chi connectivity index (χ4v) is 2.75. The van der Waals surface area contributed by atoms with Crippen molar-refractivity contribution in [2.75, 3.05) is 5.73 Å². The quantitative estimate of drug-likeness (QED) is 0.866. The van der Waals surface area contributed by atoms with Gasteiger partial charge in [-0.15, -0.1) is 0 Å². The number of nitrogens with zero attached hydrogens (tertiary/aromatic N) is 2. The molecule has 0 radical (unpaired) electrons. The van der Waals surface area contributed by atoms with Crippen LogP contribution in [0.4, 0.5) is 10.1 Å². The van der Waals surface area contributed by atoms with Gasteiger partial charge < -0.3 is 5.73 Å². The second kappa shape index (κ2) is 4.46. The Balaban J connectivity index is 2.33. The Morgan fingerprint density at radius 1 is 1.47 bits per heavy atom. The first kappa shape index (κ1) is 10.8. The van der Waals surface area contributed by atoms with E-state index in [2.05, 4.69) is 25.3 Å². The highest BCUT2D eigenvalue weighted by Crippen LogP contribution is 2.35. The summed E-state index contributed by atoms with van der Waals surface area (Å²) >= 11 is 5.62. The van der Waals surface area contributed by atoms with Gasteiger partial charge in [-0.2, -0.15) is 4.37 Å². The maximum Gasteiger partial charge on any atom is 0.174 e. The molecule has 7 heteroatoms. The van der Waals surface area contributed by atoms with Crippen LogP contribution in [-0.4, -0.2) is 9.36 Å². The molecule has 0 spiro atoms. The Morgan fingerprint density at radius 2 is 2.27 bits per heavy atom. The summed E-state index contributed by atoms with van der Waals surface area (Å²) in [6.07, 6.45) is 1.46. The number of nitrogen functional groups attached to an aromatic ring is 1. The lowest BCUT2D eigenvalue weighted by atomic mass is 10.3. The summed E-state index contributed by atoms with van der Waals surface area (Å²) in [5.41, 5.74) is 6.26. The number of aromatic nitrogens is 2. The molecule has 0 amide bonds. The van der Waals surface area contributed by atoms with Gasteiger partial charge in [-0.05, 0) is 39.6 Å². The summed E-state index contributed by atoms with van der Waals surface area (Å²) in [6.45, 7) is 0. The van der Waals surface area contributed by atoms with Crippen LogP contribution in [0.25, 0.3) is 0 Å². The third kappa shape index (κ3) is 2.47. The molecule has 0 aliphatic carbocycles. The van der Waals surface area contributed by atoms with E-state index in [0.29, 0.717) is 15.1 Å². The monoisotopic (exact) mass is 305 g/mol. The van der Waals surface area contributed by atoms with Gasteiger partial charge in [0.15, 0.2) is 4.34 Å². The molecular formula is C8H5BrFN3S2. The van der Waals surface area contributed by atoms with Crippen molar-refractivity contribution in [1.82, 2.24) is 9.36 Å². The normalized spacial score (nSPS) is 10.5. The second-order valence-electron chi connectivity index (χ2n) is 2.61. The van der Waals surface area contributed by atoms with E-state index in [9.17, 15) is 4.39 Å². The van der Waals surface area contributed by atoms with Crippen molar-refractivity contribution in [2.24, 2.45) is 0 Å². The van der Waals surface area contributed by atoms with Crippen LogP contribution in [0.3, 0.4) is 0 Å². The average Bonchev–Trinajstić information content (AvgIpc) is 2.67. The minimum Gasteiger partial charge on any atom is -0.398 e. The van der Waals surface area contributed by atoms with Gasteiger partial charge in [0.05, 0.1) is 4.47 Å². The Morgan fingerprint density at radius 3 is 2.93 bits per heavy atom. The zero-order chi connectivity index (χ0) is 10.8. The minimum atomic E-state index is -0.337. The van der Waals surface area contributed by atoms with E-state index in [4.69, 9.17) is 5.73 Å². The summed E-state index contributed by atoms with van der Waals surface area (Å²) in [5, 5.41) is 0. The average molecular weight is 306 g/mol. The van der Waals surface area contributed by atoms with Crippen molar-refractivity contribution < 1.29 is 4.39 Å². The third-order valence-corrected chi connectivity index (χ3v) is 3.99. The number of halogens is 2. The van der Waals surface area contributed by atoms with Gasteiger partial charge >= 0.3 is 0 Å². The molecule has 78 valence electrons. The smallest absolute Gasteiger partial charge is 0.174 e. The van der Waals surface area contributed by atoms with Gasteiger partial charge in [0, 0.05) is 10.6 Å². The molecule has 1 aromatic carbocycles. The van der Waals surface area contributed by atoms with E-state index in [-0.39, 0.29) is 5.82 Å². The molecule has 1 heterocycles. The van der Waals surface area contributed by atoms with Gasteiger partial charge in [-0.1, -0.05) is 11.8 Å². The topological polar surface area (TPSA) is 51.8 Å². The molecule has 0 aliphatic rings. The number of hydrogen-bond donors (Lipinski definition) is 1. The Bertz CT molecular complexity index is 475. The fraction of sp³-hybridized carbons (Fsp3) is 0. The molecule has 15 heavy (non-hydrogen) atoms. The van der Waals surface area contributed by atoms with Crippen LogP contribution >= 0.6 is 39.2 Å². The van der Waals surface area contributed by atoms with Crippen LogP contribution in [0.1, 0.15) is 0 Å². The molecule has 0 fully saturated rings. The van der Waals surface area contributed by atoms with E-state index < -0.39 is 0 Å². The van der Waals surface area contributed by atoms with Crippen molar-refractivity contribution in [3.05, 3.63) is 28.7 Å². The second-order valence-corrected chi connectivity index (χ2v) is 5.54. The number of anilines is 1. The van der Waals surface area contributed by atoms with E-state index in [1.54, 1.807) is 6.07 Å². The molecule has 2 aromatic rings. The summed E-state index contributed by atoms with van der Waals surface area (Å²) < 4.78 is 18.2. The number of nitrogens with two attached hydrogens (primary N) is 1. The first-order valence-corrected chi connectivity index (χ1v) is 6.24. The standard InChI is InChI=1S/C8H5BrFN3S2/c9-4-1-6(11)7(2-5(4)10)14-8-12-3-13-15-8/h1-3H,11H2. The zero-order valence-electron chi connectivity index (χ0n) is 7.28. The molecule has 0 saturated heterocycles. The predicted octanol–water partition coefficient (Wildman–Crippen LogP) is 3.17. The lowest BCUT2D eigenvalue weighted by Crippen LogP contribution is -1.90. The molecule has 0 aliphatic heterocycles. The molecule has 0 atom stereocenters. The van der Waals surface area contributed by atoms with Gasteiger partial charge in [0.2, 0.25) is 0 Å². The summed E-state index contributed by atoms with van der Waals surface area (Å²) in [4.78, 5) is 4.63. The van der Waals surface area contributed by atoms with Gasteiger partial charge in [0.25, 0.3) is 0 Å². The first-order valence-electron chi connectivity index (χ1n) is 3.86. The van der Waals surface area contributed by atoms with E-state index in [0.717, 1.165) is 4.34 Å². The SMILES string of the molecule is Nc1cc(Br)c(F)cc1Sc1ncns1. The minimum absolute atomic E-state index is 0.337. The van der Waals surface area contributed by atoms with Crippen molar-refractivity contribution in [1.29, 1.82) is 0 Å². The largest absolute Gasteiger partial charge is 0.398 e. The number of hydrogen-bond acceptors (Lipinski definition) is 5. The highest BCUT2D eigenvalue weighted by molar-refractivity contribution is 9.10. The predicted molar refractivity (Wildman–Crippen MR) is 62.5 cm³/mol. The molecule has 1 aromatic heterocycles. The fourth-order valence-electron chi connectivity index (χ4n) is 0.934. The van der Waals surface area contributed by atoms with E-state index >= 15 is 0 Å². The van der Waals surface area contributed by atoms with Crippen LogP contribution in [0, 0.1) is 5.82 Å². The van der Waals surface area contributed by atoms with Crippen molar-refractivity contribution in [3.8, 4) is 0 Å². The zero-order valence-corrected chi connectivity index (χ0v) is 10.5. The summed E-state index contributed by atoms with van der Waals surface area (Å²) in [6, 6.07) is 2.92. The summed E-state index contributed by atoms with van der Waals surface area (Å²) in [5.74, 6) is -0.337. The molecule has 3 nitrogen and oxygen atoms in total. The van der Waals surface area contributed by atoms with Gasteiger partial charge in [-0.3, -0.25) is 0 Å².